The molecule has 12 nitrogen and oxygen atoms in total. The molecule has 0 fully saturated rings. The number of hydrogen-bond acceptors (Lipinski definition) is 10. The zero-order valence-corrected chi connectivity index (χ0v) is 40.4. The molecule has 18 heteroatoms. The smallest absolute Gasteiger partial charge is 0.243 e. The summed E-state index contributed by atoms with van der Waals surface area (Å²) in [5.74, 6) is -0.558. The maximum Gasteiger partial charge on any atom is 0.243 e. The van der Waals surface area contributed by atoms with Crippen LogP contribution in [0.1, 0.15) is 12.8 Å². The Kier molecular flexibility index (Phi) is 27.9. The number of carbonyl (C=O) groups excluding carboxylic acids is 2. The van der Waals surface area contributed by atoms with Gasteiger partial charge in [0.25, 0.3) is 0 Å². The van der Waals surface area contributed by atoms with Gasteiger partial charge in [0.1, 0.15) is 11.8 Å². The Balaban J connectivity index is 0. The van der Waals surface area contributed by atoms with Crippen LogP contribution in [0, 0.1) is 0 Å². The quantitative estimate of drug-likeness (QED) is 0.0401. The number of rotatable bonds is 28. The van der Waals surface area contributed by atoms with E-state index in [4.69, 9.17) is 27.2 Å². The Morgan fingerprint density at radius 2 is 0.880 bits per heavy atom. The molecule has 0 aromatic carbocycles. The summed E-state index contributed by atoms with van der Waals surface area (Å²) in [4.78, 5) is 22.0. The predicted molar refractivity (Wildman–Crippen MR) is 221 cm³/mol. The molecule has 0 aliphatic carbocycles. The van der Waals surface area contributed by atoms with Crippen molar-refractivity contribution in [2.24, 2.45) is 0 Å². The van der Waals surface area contributed by atoms with E-state index in [2.05, 4.69) is 102 Å². The van der Waals surface area contributed by atoms with Gasteiger partial charge in [-0.2, -0.15) is 0 Å². The van der Waals surface area contributed by atoms with Crippen molar-refractivity contribution in [3.05, 3.63) is 25.3 Å². The molecular formula is C32H74N2O10Si6. The Bertz CT molecular complexity index is 834. The number of amides is 2. The van der Waals surface area contributed by atoms with Crippen molar-refractivity contribution < 1.29 is 47.0 Å². The van der Waals surface area contributed by atoms with Gasteiger partial charge in [-0.15, -0.1) is 0 Å². The minimum Gasteiger partial charge on any atom is -0.398 e. The van der Waals surface area contributed by atoms with Crippen LogP contribution in [-0.4, -0.2) is 138 Å². The topological polar surface area (TPSA) is 154 Å². The molecular weight excluding hydrogens is 741 g/mol. The largest absolute Gasteiger partial charge is 0.398 e. The van der Waals surface area contributed by atoms with Gasteiger partial charge >= 0.3 is 0 Å². The van der Waals surface area contributed by atoms with E-state index in [1.807, 2.05) is 0 Å². The van der Waals surface area contributed by atoms with Gasteiger partial charge in [-0.05, 0) is 104 Å². The first-order valence-corrected chi connectivity index (χ1v) is 35.2. The number of aliphatic hydroxyl groups is 2. The number of carbonyl (C=O) groups is 2. The lowest BCUT2D eigenvalue weighted by Gasteiger charge is -2.31. The summed E-state index contributed by atoms with van der Waals surface area (Å²) in [6.45, 7) is 35.0. The van der Waals surface area contributed by atoms with Crippen LogP contribution in [0.3, 0.4) is 0 Å². The van der Waals surface area contributed by atoms with Gasteiger partial charge in [0.2, 0.25) is 11.8 Å². The van der Waals surface area contributed by atoms with Crippen LogP contribution in [0.5, 0.6) is 0 Å². The molecule has 4 N–H and O–H groups in total. The summed E-state index contributed by atoms with van der Waals surface area (Å²) in [5, 5.41) is 24.5. The summed E-state index contributed by atoms with van der Waals surface area (Å²) >= 11 is 0. The van der Waals surface area contributed by atoms with E-state index in [1.165, 1.54) is 12.2 Å². The third-order valence-corrected chi connectivity index (χ3v) is 14.6. The van der Waals surface area contributed by atoms with Gasteiger partial charge < -0.3 is 48.0 Å². The highest BCUT2D eigenvalue weighted by Gasteiger charge is 2.28. The molecule has 0 aromatic heterocycles. The summed E-state index contributed by atoms with van der Waals surface area (Å²) < 4.78 is 35.8. The molecule has 0 heterocycles. The third kappa shape index (κ3) is 38.6. The number of ether oxygens (including phenoxy) is 2. The van der Waals surface area contributed by atoms with Gasteiger partial charge in [0.15, 0.2) is 33.3 Å². The fraction of sp³-hybridized carbons (Fsp3) is 0.812. The average molecular weight is 815 g/mol. The SMILES string of the molecule is C=CC(=O)NCC(O)COCCC[SiH2]C(O[Si](C)(C)C)O[Si](C)(C)C.C=CC(=O)NCC(O)COCCC[SiH2]C(O[Si](C)(C)C)O[Si](C)(C)C. The van der Waals surface area contributed by atoms with Gasteiger partial charge in [0.05, 0.1) is 44.5 Å². The molecule has 2 amide bonds. The Morgan fingerprint density at radius 3 is 1.12 bits per heavy atom. The highest BCUT2D eigenvalue weighted by molar-refractivity contribution is 6.72. The van der Waals surface area contributed by atoms with Gasteiger partial charge in [-0.1, -0.05) is 25.2 Å². The molecule has 0 saturated heterocycles. The second kappa shape index (κ2) is 27.1. The first-order valence-electron chi connectivity index (χ1n) is 17.9. The van der Waals surface area contributed by atoms with Crippen molar-refractivity contribution in [2.45, 2.75) is 128 Å². The molecule has 0 aliphatic heterocycles. The van der Waals surface area contributed by atoms with Crippen LogP contribution >= 0.6 is 0 Å². The lowest BCUT2D eigenvalue weighted by Crippen LogP contribution is -2.43. The molecule has 2 atom stereocenters. The van der Waals surface area contributed by atoms with Crippen LogP contribution in [0.15, 0.2) is 25.3 Å². The van der Waals surface area contributed by atoms with E-state index in [0.29, 0.717) is 13.2 Å². The average Bonchev–Trinajstić information content (AvgIpc) is 2.94. The summed E-state index contributed by atoms with van der Waals surface area (Å²) in [6.07, 6.45) is 2.86. The van der Waals surface area contributed by atoms with Gasteiger partial charge in [0, 0.05) is 26.3 Å². The van der Waals surface area contributed by atoms with E-state index < -0.39 is 64.5 Å². The van der Waals surface area contributed by atoms with Crippen molar-refractivity contribution in [1.82, 2.24) is 10.6 Å². The lowest BCUT2D eigenvalue weighted by atomic mass is 10.3. The molecule has 0 rings (SSSR count). The highest BCUT2D eigenvalue weighted by atomic mass is 28.4. The van der Waals surface area contributed by atoms with E-state index in [9.17, 15) is 19.8 Å². The second-order valence-electron chi connectivity index (χ2n) is 16.1. The first-order chi connectivity index (χ1) is 22.9. The summed E-state index contributed by atoms with van der Waals surface area (Å²) in [7, 11) is -7.41. The Labute approximate surface area is 313 Å². The van der Waals surface area contributed by atoms with E-state index in [1.54, 1.807) is 0 Å². The third-order valence-electron chi connectivity index (χ3n) is 5.91. The highest BCUT2D eigenvalue weighted by Crippen LogP contribution is 2.16. The molecule has 0 aromatic rings. The van der Waals surface area contributed by atoms with Crippen molar-refractivity contribution in [3.63, 3.8) is 0 Å². The zero-order valence-electron chi connectivity index (χ0n) is 33.5. The molecule has 0 spiro atoms. The van der Waals surface area contributed by atoms with Crippen LogP contribution < -0.4 is 10.6 Å². The van der Waals surface area contributed by atoms with E-state index in [0.717, 1.165) is 24.9 Å². The maximum absolute atomic E-state index is 11.0. The van der Waals surface area contributed by atoms with Crippen molar-refractivity contribution in [1.29, 1.82) is 0 Å². The van der Waals surface area contributed by atoms with Crippen LogP contribution in [-0.2, 0) is 36.8 Å². The monoisotopic (exact) mass is 814 g/mol. The fourth-order valence-electron chi connectivity index (χ4n) is 4.03. The summed E-state index contributed by atoms with van der Waals surface area (Å²) in [6, 6.07) is 2.17. The normalized spacial score (nSPS) is 14.2. The molecule has 0 bridgehead atoms. The fourth-order valence-corrected chi connectivity index (χ4v) is 17.1. The van der Waals surface area contributed by atoms with Crippen LogP contribution in [0.4, 0.5) is 0 Å². The minimum atomic E-state index is -1.61. The lowest BCUT2D eigenvalue weighted by molar-refractivity contribution is -0.117. The molecule has 2 unspecified atom stereocenters. The van der Waals surface area contributed by atoms with E-state index in [-0.39, 0.29) is 49.9 Å². The predicted octanol–water partition coefficient (Wildman–Crippen LogP) is 3.26. The standard InChI is InChI=1S/2C16H37NO5Si3/c2*1-8-15(19)17-12-14(18)13-20-10-9-11-23-16(21-24(2,3)4)22-25(5,6)7/h2*8,14,16,18H,1,9-13,23H2,2-7H3,(H,17,19). The second-order valence-corrected chi connectivity index (χ2v) is 37.9. The zero-order chi connectivity index (χ0) is 39.0. The minimum absolute atomic E-state index is 0.0121. The molecule has 0 saturated carbocycles. The Morgan fingerprint density at radius 1 is 0.600 bits per heavy atom. The molecule has 50 heavy (non-hydrogen) atoms. The van der Waals surface area contributed by atoms with Crippen LogP contribution in [0.2, 0.25) is 90.7 Å². The van der Waals surface area contributed by atoms with Gasteiger partial charge in [-0.3, -0.25) is 9.59 Å². The molecule has 0 radical (unpaired) electrons. The molecule has 296 valence electrons. The van der Waals surface area contributed by atoms with E-state index >= 15 is 0 Å². The Hall–Kier alpha value is -0.599. The van der Waals surface area contributed by atoms with Crippen molar-refractivity contribution >= 4 is 64.1 Å². The number of hydrogen-bond donors (Lipinski definition) is 4. The first kappa shape index (κ1) is 51.5. The number of aliphatic hydroxyl groups excluding tert-OH is 2. The summed E-state index contributed by atoms with van der Waals surface area (Å²) in [5.41, 5.74) is 0. The van der Waals surface area contributed by atoms with Crippen molar-refractivity contribution in [3.8, 4) is 0 Å². The van der Waals surface area contributed by atoms with Crippen LogP contribution in [0.25, 0.3) is 0 Å². The number of nitrogens with one attached hydrogen (secondary N) is 2. The molecule has 0 aliphatic rings. The maximum atomic E-state index is 11.0. The van der Waals surface area contributed by atoms with Crippen molar-refractivity contribution in [2.75, 3.05) is 39.5 Å². The van der Waals surface area contributed by atoms with Gasteiger partial charge in [-0.25, -0.2) is 0 Å².